The van der Waals surface area contributed by atoms with E-state index in [0.717, 1.165) is 13.0 Å². The Bertz CT molecular complexity index is 943. The van der Waals surface area contributed by atoms with Crippen molar-refractivity contribution in [2.75, 3.05) is 6.54 Å². The molecular formula is C29H41N. The number of aliphatic imine (C=N–C) groups is 1. The standard InChI is InChI=1S/C29H41N/c1-11-29(10)27-17-21(5)13-16-24(27)25(18-28(29,8)9)26(19-30-12-2)23(7)15-14-22(6)20(3)4/h13-19H,11-12H2,1-10H3/b15-14-,26-23-,30-19-. The molecule has 0 spiro atoms. The molecule has 1 heteroatoms. The maximum absolute atomic E-state index is 4.66. The smallest absolute Gasteiger partial charge is 0.0361 e. The maximum Gasteiger partial charge on any atom is 0.0361 e. The summed E-state index contributed by atoms with van der Waals surface area (Å²) in [5, 5.41) is 0. The third kappa shape index (κ3) is 4.61. The monoisotopic (exact) mass is 403 g/mol. The van der Waals surface area contributed by atoms with Gasteiger partial charge in [0.25, 0.3) is 0 Å². The van der Waals surface area contributed by atoms with Gasteiger partial charge in [-0.1, -0.05) is 80.8 Å². The molecule has 1 aliphatic rings. The largest absolute Gasteiger partial charge is 0.293 e. The van der Waals surface area contributed by atoms with Gasteiger partial charge in [-0.3, -0.25) is 4.99 Å². The number of allylic oxidation sites excluding steroid dienone is 8. The normalized spacial score (nSPS) is 21.5. The van der Waals surface area contributed by atoms with Crippen LogP contribution in [0.4, 0.5) is 0 Å². The van der Waals surface area contributed by atoms with E-state index in [-0.39, 0.29) is 10.8 Å². The predicted molar refractivity (Wildman–Crippen MR) is 136 cm³/mol. The summed E-state index contributed by atoms with van der Waals surface area (Å²) in [4.78, 5) is 4.66. The molecule has 1 aliphatic carbocycles. The second kappa shape index (κ2) is 9.33. The van der Waals surface area contributed by atoms with Crippen molar-refractivity contribution in [3.05, 3.63) is 75.4 Å². The molecule has 162 valence electrons. The summed E-state index contributed by atoms with van der Waals surface area (Å²) in [5.74, 6) is 0. The van der Waals surface area contributed by atoms with E-state index in [1.54, 1.807) is 0 Å². The van der Waals surface area contributed by atoms with Gasteiger partial charge >= 0.3 is 0 Å². The maximum atomic E-state index is 4.66. The SMILES string of the molecule is CC\N=C/C(C1=CC(C)(C)C(C)(CC)c2cc(C)ccc21)=C(C)/C=C\C(C)=C(C)C. The van der Waals surface area contributed by atoms with Crippen molar-refractivity contribution in [2.24, 2.45) is 10.4 Å². The fourth-order valence-corrected chi connectivity index (χ4v) is 4.24. The summed E-state index contributed by atoms with van der Waals surface area (Å²) in [6.07, 6.45) is 10.2. The van der Waals surface area contributed by atoms with Gasteiger partial charge in [0.15, 0.2) is 0 Å². The molecule has 1 aromatic carbocycles. The highest BCUT2D eigenvalue weighted by molar-refractivity contribution is 6.03. The lowest BCUT2D eigenvalue weighted by Crippen LogP contribution is -2.41. The lowest BCUT2D eigenvalue weighted by molar-refractivity contribution is 0.230. The minimum atomic E-state index is 0.0446. The molecule has 1 aromatic rings. The van der Waals surface area contributed by atoms with Gasteiger partial charge in [0.1, 0.15) is 0 Å². The minimum Gasteiger partial charge on any atom is -0.293 e. The highest BCUT2D eigenvalue weighted by atomic mass is 14.7. The molecule has 1 atom stereocenters. The number of benzene rings is 1. The van der Waals surface area contributed by atoms with Crippen LogP contribution in [0.1, 0.15) is 85.4 Å². The van der Waals surface area contributed by atoms with Gasteiger partial charge in [0.2, 0.25) is 0 Å². The van der Waals surface area contributed by atoms with Crippen molar-refractivity contribution >= 4 is 11.8 Å². The fraction of sp³-hybridized carbons (Fsp3) is 0.483. The Morgan fingerprint density at radius 1 is 0.967 bits per heavy atom. The zero-order valence-electron chi connectivity index (χ0n) is 20.9. The third-order valence-electron chi connectivity index (χ3n) is 7.18. The van der Waals surface area contributed by atoms with Crippen LogP contribution in [0.15, 0.2) is 63.7 Å². The second-order valence-corrected chi connectivity index (χ2v) is 9.76. The quantitative estimate of drug-likeness (QED) is 0.334. The van der Waals surface area contributed by atoms with Crippen LogP contribution in [-0.2, 0) is 5.41 Å². The second-order valence-electron chi connectivity index (χ2n) is 9.76. The van der Waals surface area contributed by atoms with Crippen LogP contribution in [0.3, 0.4) is 0 Å². The van der Waals surface area contributed by atoms with E-state index in [0.29, 0.717) is 0 Å². The summed E-state index contributed by atoms with van der Waals surface area (Å²) in [7, 11) is 0. The average Bonchev–Trinajstić information content (AvgIpc) is 2.69. The Hall–Kier alpha value is -2.15. The molecule has 0 amide bonds. The van der Waals surface area contributed by atoms with Gasteiger partial charge in [-0.25, -0.2) is 0 Å². The van der Waals surface area contributed by atoms with Crippen molar-refractivity contribution in [1.82, 2.24) is 0 Å². The van der Waals surface area contributed by atoms with E-state index in [9.17, 15) is 0 Å². The number of hydrogen-bond donors (Lipinski definition) is 0. The van der Waals surface area contributed by atoms with Crippen LogP contribution in [0.25, 0.3) is 5.57 Å². The summed E-state index contributed by atoms with van der Waals surface area (Å²) in [5.41, 5.74) is 10.8. The number of nitrogens with zero attached hydrogens (tertiary/aromatic N) is 1. The van der Waals surface area contributed by atoms with Crippen LogP contribution >= 0.6 is 0 Å². The summed E-state index contributed by atoms with van der Waals surface area (Å²) in [6.45, 7) is 23.3. The average molecular weight is 404 g/mol. The van der Waals surface area contributed by atoms with E-state index in [1.807, 2.05) is 0 Å². The minimum absolute atomic E-state index is 0.0446. The molecule has 0 radical (unpaired) electrons. The zero-order chi connectivity index (χ0) is 22.7. The first kappa shape index (κ1) is 24.1. The Kier molecular flexibility index (Phi) is 7.50. The van der Waals surface area contributed by atoms with Crippen LogP contribution in [0, 0.1) is 12.3 Å². The van der Waals surface area contributed by atoms with Gasteiger partial charge in [-0.05, 0) is 75.7 Å². The van der Waals surface area contributed by atoms with Gasteiger partial charge in [0, 0.05) is 23.7 Å². The first-order chi connectivity index (χ1) is 14.0. The molecular weight excluding hydrogens is 362 g/mol. The number of hydrogen-bond acceptors (Lipinski definition) is 1. The summed E-state index contributed by atoms with van der Waals surface area (Å²) in [6, 6.07) is 6.96. The van der Waals surface area contributed by atoms with E-state index < -0.39 is 0 Å². The Balaban J connectivity index is 2.80. The Morgan fingerprint density at radius 3 is 2.17 bits per heavy atom. The molecule has 0 fully saturated rings. The topological polar surface area (TPSA) is 12.4 Å². The molecule has 1 nitrogen and oxygen atoms in total. The molecule has 0 aliphatic heterocycles. The molecule has 30 heavy (non-hydrogen) atoms. The Labute approximate surface area is 185 Å². The highest BCUT2D eigenvalue weighted by Gasteiger charge is 2.44. The van der Waals surface area contributed by atoms with Gasteiger partial charge in [-0.2, -0.15) is 0 Å². The first-order valence-corrected chi connectivity index (χ1v) is 11.4. The molecule has 0 heterocycles. The highest BCUT2D eigenvalue weighted by Crippen LogP contribution is 2.53. The molecule has 0 bridgehead atoms. The van der Waals surface area contributed by atoms with Crippen molar-refractivity contribution in [3.8, 4) is 0 Å². The van der Waals surface area contributed by atoms with E-state index in [2.05, 4.69) is 117 Å². The van der Waals surface area contributed by atoms with Crippen molar-refractivity contribution < 1.29 is 0 Å². The zero-order valence-corrected chi connectivity index (χ0v) is 20.9. The fourth-order valence-electron chi connectivity index (χ4n) is 4.24. The van der Waals surface area contributed by atoms with Crippen molar-refractivity contribution in [2.45, 2.75) is 81.1 Å². The summed E-state index contributed by atoms with van der Waals surface area (Å²) < 4.78 is 0. The predicted octanol–water partition coefficient (Wildman–Crippen LogP) is 8.41. The molecule has 0 aromatic heterocycles. The number of aryl methyl sites for hydroxylation is 1. The lowest BCUT2D eigenvalue weighted by Gasteiger charge is -2.48. The van der Waals surface area contributed by atoms with Crippen LogP contribution in [0.5, 0.6) is 0 Å². The van der Waals surface area contributed by atoms with Crippen molar-refractivity contribution in [3.63, 3.8) is 0 Å². The lowest BCUT2D eigenvalue weighted by atomic mass is 9.56. The molecule has 0 saturated carbocycles. The van der Waals surface area contributed by atoms with Crippen molar-refractivity contribution in [1.29, 1.82) is 0 Å². The van der Waals surface area contributed by atoms with E-state index in [4.69, 9.17) is 0 Å². The molecule has 0 N–H and O–H groups in total. The van der Waals surface area contributed by atoms with E-state index >= 15 is 0 Å². The van der Waals surface area contributed by atoms with Gasteiger partial charge in [-0.15, -0.1) is 0 Å². The molecule has 0 saturated heterocycles. The van der Waals surface area contributed by atoms with Crippen LogP contribution in [0.2, 0.25) is 0 Å². The van der Waals surface area contributed by atoms with Crippen LogP contribution in [-0.4, -0.2) is 12.8 Å². The van der Waals surface area contributed by atoms with Gasteiger partial charge < -0.3 is 0 Å². The summed E-state index contributed by atoms with van der Waals surface area (Å²) >= 11 is 0. The van der Waals surface area contributed by atoms with Gasteiger partial charge in [0.05, 0.1) is 0 Å². The number of fused-ring (bicyclic) bond motifs is 1. The number of rotatable bonds is 6. The first-order valence-electron chi connectivity index (χ1n) is 11.4. The third-order valence-corrected chi connectivity index (χ3v) is 7.18. The molecule has 2 rings (SSSR count). The van der Waals surface area contributed by atoms with Crippen LogP contribution < -0.4 is 0 Å². The van der Waals surface area contributed by atoms with E-state index in [1.165, 1.54) is 44.6 Å². The molecule has 1 unspecified atom stereocenters. The Morgan fingerprint density at radius 2 is 1.60 bits per heavy atom.